The molecular formula is C40H39F4N3O5. The predicted molar refractivity (Wildman–Crippen MR) is 190 cm³/mol. The average Bonchev–Trinajstić information content (AvgIpc) is 3.49. The van der Waals surface area contributed by atoms with Gasteiger partial charge in [0.2, 0.25) is 0 Å². The van der Waals surface area contributed by atoms with Gasteiger partial charge in [-0.15, -0.1) is 0 Å². The number of nitrogens with one attached hydrogen (secondary N) is 1. The molecule has 0 saturated carbocycles. The van der Waals surface area contributed by atoms with Crippen LogP contribution in [0, 0.1) is 17.6 Å². The highest BCUT2D eigenvalue weighted by molar-refractivity contribution is 6.01. The third-order valence-electron chi connectivity index (χ3n) is 8.36. The van der Waals surface area contributed by atoms with Crippen molar-refractivity contribution < 1.29 is 36.6 Å². The smallest absolute Gasteiger partial charge is 0.328 e. The summed E-state index contributed by atoms with van der Waals surface area (Å²) in [5.41, 5.74) is 6.86. The summed E-state index contributed by atoms with van der Waals surface area (Å²) in [5.74, 6) is -6.74. The van der Waals surface area contributed by atoms with Crippen molar-refractivity contribution in [1.29, 1.82) is 0 Å². The van der Waals surface area contributed by atoms with Crippen molar-refractivity contribution in [2.45, 2.75) is 51.7 Å². The van der Waals surface area contributed by atoms with Gasteiger partial charge in [0.1, 0.15) is 41.1 Å². The van der Waals surface area contributed by atoms with E-state index in [1.807, 2.05) is 54.6 Å². The monoisotopic (exact) mass is 717 g/mol. The Kier molecular flexibility index (Phi) is 12.5. The number of anilines is 1. The molecule has 0 unspecified atom stereocenters. The van der Waals surface area contributed by atoms with Crippen molar-refractivity contribution >= 4 is 17.6 Å². The molecule has 8 nitrogen and oxygen atoms in total. The Hall–Kier alpha value is -5.49. The minimum atomic E-state index is -1.21. The van der Waals surface area contributed by atoms with Crippen LogP contribution in [0.5, 0.6) is 5.75 Å². The van der Waals surface area contributed by atoms with E-state index in [1.165, 1.54) is 0 Å². The Bertz CT molecular complexity index is 2000. The van der Waals surface area contributed by atoms with E-state index >= 15 is 8.78 Å². The molecule has 4 aromatic rings. The zero-order valence-corrected chi connectivity index (χ0v) is 28.7. The molecular weight excluding hydrogens is 678 g/mol. The SMILES string of the molecule is CC(C)/C=C(F)\C=C(\F)CC(=O)c1ccc(=O)n(-c2c(F)cc(OCCCN[C@@H](C(=O)OC3Cc4ccccc4C3)c3ccccc3)cc2F)c1N. The molecule has 0 saturated heterocycles. The topological polar surface area (TPSA) is 113 Å². The van der Waals surface area contributed by atoms with E-state index in [-0.39, 0.29) is 29.9 Å². The molecule has 0 amide bonds. The van der Waals surface area contributed by atoms with E-state index in [1.54, 1.807) is 13.8 Å². The van der Waals surface area contributed by atoms with Gasteiger partial charge in [-0.05, 0) is 47.7 Å². The maximum Gasteiger partial charge on any atom is 0.328 e. The van der Waals surface area contributed by atoms with E-state index in [2.05, 4.69) is 5.32 Å². The fourth-order valence-electron chi connectivity index (χ4n) is 6.00. The van der Waals surface area contributed by atoms with Crippen molar-refractivity contribution in [2.24, 2.45) is 5.92 Å². The number of esters is 1. The number of allylic oxidation sites excluding steroid dienone is 4. The maximum absolute atomic E-state index is 15.4. The van der Waals surface area contributed by atoms with Crippen LogP contribution in [0.2, 0.25) is 0 Å². The van der Waals surface area contributed by atoms with Crippen molar-refractivity contribution in [3.8, 4) is 11.4 Å². The number of hydrogen-bond donors (Lipinski definition) is 2. The number of hydrogen-bond acceptors (Lipinski definition) is 7. The molecule has 1 atom stereocenters. The number of pyridine rings is 1. The van der Waals surface area contributed by atoms with E-state index in [4.69, 9.17) is 15.2 Å². The van der Waals surface area contributed by atoms with Gasteiger partial charge < -0.3 is 20.5 Å². The molecule has 1 aromatic heterocycles. The first-order chi connectivity index (χ1) is 24.9. The maximum atomic E-state index is 15.4. The van der Waals surface area contributed by atoms with Gasteiger partial charge in [0.25, 0.3) is 5.56 Å². The van der Waals surface area contributed by atoms with Crippen LogP contribution >= 0.6 is 0 Å². The van der Waals surface area contributed by atoms with E-state index in [0.717, 1.165) is 47.0 Å². The highest BCUT2D eigenvalue weighted by Crippen LogP contribution is 2.28. The van der Waals surface area contributed by atoms with Crippen LogP contribution in [0.4, 0.5) is 23.4 Å². The average molecular weight is 718 g/mol. The standard InChI is InChI=1S/C40H39F4N3O5/c1-24(2)17-28(41)20-29(42)21-35(48)32-13-14-36(49)47(39(32)45)38-33(43)22-30(23-34(38)44)51-16-8-15-46-37(25-9-4-3-5-10-25)40(50)52-31-18-26-11-6-7-12-27(26)19-31/h3-7,9-14,17,20,22-24,31,37,46H,8,15-16,18-19,21,45H2,1-2H3/b28-17+,29-20+/t37-/m1/s1. The lowest BCUT2D eigenvalue weighted by molar-refractivity contribution is -0.151. The molecule has 272 valence electrons. The summed E-state index contributed by atoms with van der Waals surface area (Å²) in [5, 5.41) is 3.20. The lowest BCUT2D eigenvalue weighted by atomic mass is 10.1. The van der Waals surface area contributed by atoms with Crippen LogP contribution in [0.3, 0.4) is 0 Å². The summed E-state index contributed by atoms with van der Waals surface area (Å²) in [6.45, 7) is 3.69. The highest BCUT2D eigenvalue weighted by atomic mass is 19.1. The van der Waals surface area contributed by atoms with Crippen LogP contribution in [0.15, 0.2) is 107 Å². The molecule has 12 heteroatoms. The Morgan fingerprint density at radius 2 is 1.60 bits per heavy atom. The fraction of sp³-hybridized carbons (Fsp3) is 0.275. The van der Waals surface area contributed by atoms with Crippen LogP contribution in [-0.2, 0) is 22.4 Å². The van der Waals surface area contributed by atoms with Crippen molar-refractivity contribution in [2.75, 3.05) is 18.9 Å². The van der Waals surface area contributed by atoms with Gasteiger partial charge in [0.05, 0.1) is 18.6 Å². The number of ether oxygens (including phenoxy) is 2. The number of benzene rings is 3. The number of fused-ring (bicyclic) bond motifs is 1. The Morgan fingerprint density at radius 3 is 2.23 bits per heavy atom. The van der Waals surface area contributed by atoms with E-state index < -0.39 is 64.6 Å². The lowest BCUT2D eigenvalue weighted by Gasteiger charge is -2.21. The summed E-state index contributed by atoms with van der Waals surface area (Å²) in [4.78, 5) is 38.8. The Labute approximate surface area is 298 Å². The molecule has 0 aliphatic heterocycles. The molecule has 1 aliphatic rings. The van der Waals surface area contributed by atoms with Gasteiger partial charge >= 0.3 is 5.97 Å². The molecule has 0 spiro atoms. The zero-order valence-electron chi connectivity index (χ0n) is 28.7. The predicted octanol–water partition coefficient (Wildman–Crippen LogP) is 7.44. The van der Waals surface area contributed by atoms with Crippen molar-refractivity contribution in [3.63, 3.8) is 0 Å². The van der Waals surface area contributed by atoms with Crippen LogP contribution in [0.25, 0.3) is 5.69 Å². The lowest BCUT2D eigenvalue weighted by Crippen LogP contribution is -2.34. The number of aromatic nitrogens is 1. The second-order valence-corrected chi connectivity index (χ2v) is 12.8. The molecule has 1 heterocycles. The van der Waals surface area contributed by atoms with E-state index in [9.17, 15) is 23.2 Å². The van der Waals surface area contributed by atoms with Gasteiger partial charge in [-0.25, -0.2) is 22.4 Å². The molecule has 0 radical (unpaired) electrons. The number of nitrogen functional groups attached to an aromatic ring is 1. The number of carbonyl (C=O) groups excluding carboxylic acids is 2. The number of nitrogens with two attached hydrogens (primary N) is 1. The largest absolute Gasteiger partial charge is 0.493 e. The van der Waals surface area contributed by atoms with Crippen LogP contribution in [-0.4, -0.2) is 35.6 Å². The van der Waals surface area contributed by atoms with Crippen molar-refractivity contribution in [1.82, 2.24) is 9.88 Å². The first-order valence-electron chi connectivity index (χ1n) is 16.9. The minimum absolute atomic E-state index is 0.0117. The summed E-state index contributed by atoms with van der Waals surface area (Å²) in [6.07, 6.45) is 2.19. The van der Waals surface area contributed by atoms with Gasteiger partial charge in [-0.1, -0.05) is 68.4 Å². The van der Waals surface area contributed by atoms with Crippen LogP contribution < -0.4 is 21.3 Å². The third kappa shape index (κ3) is 9.43. The molecule has 0 bridgehead atoms. The second-order valence-electron chi connectivity index (χ2n) is 12.8. The summed E-state index contributed by atoms with van der Waals surface area (Å²) >= 11 is 0. The second kappa shape index (κ2) is 17.1. The quantitative estimate of drug-likeness (QED) is 0.0432. The summed E-state index contributed by atoms with van der Waals surface area (Å²) in [6, 6.07) is 19.9. The number of halogens is 4. The molecule has 1 aliphatic carbocycles. The summed E-state index contributed by atoms with van der Waals surface area (Å²) < 4.78 is 70.9. The number of ketones is 1. The highest BCUT2D eigenvalue weighted by Gasteiger charge is 2.29. The van der Waals surface area contributed by atoms with E-state index in [0.29, 0.717) is 36.5 Å². The molecule has 3 aromatic carbocycles. The molecule has 3 N–H and O–H groups in total. The minimum Gasteiger partial charge on any atom is -0.493 e. The summed E-state index contributed by atoms with van der Waals surface area (Å²) in [7, 11) is 0. The van der Waals surface area contributed by atoms with Crippen molar-refractivity contribution in [3.05, 3.63) is 147 Å². The molecule has 5 rings (SSSR count). The fourth-order valence-corrected chi connectivity index (χ4v) is 6.00. The third-order valence-corrected chi connectivity index (χ3v) is 8.36. The normalized spacial score (nSPS) is 14.0. The number of nitrogens with zero attached hydrogens (tertiary/aromatic N) is 1. The first-order valence-corrected chi connectivity index (χ1v) is 16.9. The first kappa shape index (κ1) is 37.8. The number of carbonyl (C=O) groups is 2. The number of rotatable bonds is 15. The Balaban J connectivity index is 1.21. The number of Topliss-reactive ketones (excluding diaryl/α,β-unsaturated/α-hetero) is 1. The van der Waals surface area contributed by atoms with Crippen LogP contribution in [0.1, 0.15) is 59.8 Å². The Morgan fingerprint density at radius 1 is 0.962 bits per heavy atom. The van der Waals surface area contributed by atoms with Gasteiger partial charge in [-0.3, -0.25) is 14.2 Å². The molecule has 52 heavy (non-hydrogen) atoms. The van der Waals surface area contributed by atoms with Gasteiger partial charge in [0.15, 0.2) is 17.4 Å². The van der Waals surface area contributed by atoms with Gasteiger partial charge in [0, 0.05) is 37.1 Å². The zero-order chi connectivity index (χ0) is 37.4. The van der Waals surface area contributed by atoms with Gasteiger partial charge in [-0.2, -0.15) is 0 Å². The molecule has 0 fully saturated rings.